The first-order valence-electron chi connectivity index (χ1n) is 7.80. The van der Waals surface area contributed by atoms with Gasteiger partial charge in [-0.1, -0.05) is 6.07 Å². The van der Waals surface area contributed by atoms with E-state index in [1.165, 1.54) is 0 Å². The number of benzene rings is 1. The van der Waals surface area contributed by atoms with Gasteiger partial charge in [0.15, 0.2) is 0 Å². The van der Waals surface area contributed by atoms with Crippen LogP contribution < -0.4 is 10.6 Å². The van der Waals surface area contributed by atoms with Crippen LogP contribution in [0.5, 0.6) is 0 Å². The lowest BCUT2D eigenvalue weighted by molar-refractivity contribution is 0.0937. The second-order valence-electron chi connectivity index (χ2n) is 5.38. The van der Waals surface area contributed by atoms with Crippen LogP contribution in [0.25, 0.3) is 0 Å². The Kier molecular flexibility index (Phi) is 5.21. The normalized spacial score (nSPS) is 10.2. The quantitative estimate of drug-likeness (QED) is 0.725. The Labute approximate surface area is 144 Å². The van der Waals surface area contributed by atoms with Gasteiger partial charge in [0.05, 0.1) is 12.8 Å². The number of carbonyl (C=O) groups excluding carboxylic acids is 2. The molecule has 0 unspecified atom stereocenters. The van der Waals surface area contributed by atoms with Gasteiger partial charge < -0.3 is 15.1 Å². The lowest BCUT2D eigenvalue weighted by atomic mass is 10.1. The summed E-state index contributed by atoms with van der Waals surface area (Å²) in [6.07, 6.45) is 4.94. The first kappa shape index (κ1) is 16.4. The average Bonchev–Trinajstić information content (AvgIpc) is 3.19. The predicted molar refractivity (Wildman–Crippen MR) is 91.7 cm³/mol. The first-order chi connectivity index (χ1) is 12.2. The lowest BCUT2D eigenvalue weighted by Gasteiger charge is -2.07. The fourth-order valence-corrected chi connectivity index (χ4v) is 2.24. The Morgan fingerprint density at radius 3 is 2.12 bits per heavy atom. The summed E-state index contributed by atoms with van der Waals surface area (Å²) in [4.78, 5) is 28.2. The lowest BCUT2D eigenvalue weighted by Crippen LogP contribution is -2.24. The largest absolute Gasteiger partial charge is 0.467 e. The second-order valence-corrected chi connectivity index (χ2v) is 5.38. The van der Waals surface area contributed by atoms with Gasteiger partial charge in [0.1, 0.15) is 5.76 Å². The molecule has 0 radical (unpaired) electrons. The van der Waals surface area contributed by atoms with Gasteiger partial charge >= 0.3 is 0 Å². The van der Waals surface area contributed by atoms with Crippen molar-refractivity contribution >= 4 is 11.8 Å². The molecule has 0 spiro atoms. The van der Waals surface area contributed by atoms with Gasteiger partial charge in [0.25, 0.3) is 11.8 Å². The molecule has 6 heteroatoms. The summed E-state index contributed by atoms with van der Waals surface area (Å²) in [5.74, 6) is 0.255. The number of rotatable bonds is 6. The van der Waals surface area contributed by atoms with Gasteiger partial charge in [-0.2, -0.15) is 0 Å². The highest BCUT2D eigenvalue weighted by Gasteiger charge is 2.09. The van der Waals surface area contributed by atoms with E-state index in [4.69, 9.17) is 4.42 Å². The van der Waals surface area contributed by atoms with Gasteiger partial charge in [-0.3, -0.25) is 14.6 Å². The summed E-state index contributed by atoms with van der Waals surface area (Å²) in [5.41, 5.74) is 1.90. The van der Waals surface area contributed by atoms with Crippen LogP contribution in [-0.4, -0.2) is 16.8 Å². The number of nitrogens with one attached hydrogen (secondary N) is 2. The standard InChI is InChI=1S/C19H17N3O3/c23-18(21-12-14-3-1-9-20-11-14)15-5-7-16(8-6-15)19(24)22-13-17-4-2-10-25-17/h1-11H,12-13H2,(H,21,23)(H,22,24). The number of hydrogen-bond donors (Lipinski definition) is 2. The number of hydrogen-bond acceptors (Lipinski definition) is 4. The molecule has 126 valence electrons. The molecule has 0 aliphatic carbocycles. The summed E-state index contributed by atoms with van der Waals surface area (Å²) in [7, 11) is 0. The Bertz CT molecular complexity index is 828. The van der Waals surface area contributed by atoms with E-state index in [-0.39, 0.29) is 11.8 Å². The monoisotopic (exact) mass is 335 g/mol. The molecule has 0 saturated carbocycles. The molecule has 1 aromatic carbocycles. The van der Waals surface area contributed by atoms with Crippen molar-refractivity contribution in [3.8, 4) is 0 Å². The van der Waals surface area contributed by atoms with Crippen LogP contribution in [0, 0.1) is 0 Å². The fraction of sp³-hybridized carbons (Fsp3) is 0.105. The Morgan fingerprint density at radius 2 is 1.56 bits per heavy atom. The molecule has 25 heavy (non-hydrogen) atoms. The van der Waals surface area contributed by atoms with E-state index in [1.54, 1.807) is 55.1 Å². The van der Waals surface area contributed by atoms with Crippen molar-refractivity contribution in [1.82, 2.24) is 15.6 Å². The molecule has 2 aromatic heterocycles. The minimum atomic E-state index is -0.223. The Morgan fingerprint density at radius 1 is 0.880 bits per heavy atom. The molecule has 0 aliphatic rings. The van der Waals surface area contributed by atoms with Crippen LogP contribution in [0.1, 0.15) is 32.0 Å². The van der Waals surface area contributed by atoms with E-state index in [9.17, 15) is 9.59 Å². The van der Waals surface area contributed by atoms with Crippen LogP contribution in [0.4, 0.5) is 0 Å². The number of furan rings is 1. The van der Waals surface area contributed by atoms with Crippen molar-refractivity contribution in [2.24, 2.45) is 0 Å². The molecular formula is C19H17N3O3. The molecule has 2 N–H and O–H groups in total. The third kappa shape index (κ3) is 4.54. The van der Waals surface area contributed by atoms with Gasteiger partial charge in [-0.25, -0.2) is 0 Å². The van der Waals surface area contributed by atoms with Crippen molar-refractivity contribution in [2.45, 2.75) is 13.1 Å². The summed E-state index contributed by atoms with van der Waals surface area (Å²) in [6.45, 7) is 0.719. The molecule has 0 saturated heterocycles. The topological polar surface area (TPSA) is 84.2 Å². The van der Waals surface area contributed by atoms with Crippen LogP contribution in [0.15, 0.2) is 71.6 Å². The number of nitrogens with zero attached hydrogens (tertiary/aromatic N) is 1. The summed E-state index contributed by atoms with van der Waals surface area (Å²) in [6, 6.07) is 13.8. The first-order valence-corrected chi connectivity index (χ1v) is 7.80. The van der Waals surface area contributed by atoms with Gasteiger partial charge in [-0.05, 0) is 48.0 Å². The zero-order valence-electron chi connectivity index (χ0n) is 13.4. The third-order valence-electron chi connectivity index (χ3n) is 3.59. The average molecular weight is 335 g/mol. The molecule has 2 heterocycles. The fourth-order valence-electron chi connectivity index (χ4n) is 2.24. The highest BCUT2D eigenvalue weighted by Crippen LogP contribution is 2.06. The smallest absolute Gasteiger partial charge is 0.251 e. The van der Waals surface area contributed by atoms with Gasteiger partial charge in [-0.15, -0.1) is 0 Å². The molecule has 0 atom stereocenters. The molecular weight excluding hydrogens is 318 g/mol. The van der Waals surface area contributed by atoms with E-state index in [2.05, 4.69) is 15.6 Å². The van der Waals surface area contributed by atoms with Crippen molar-refractivity contribution in [2.75, 3.05) is 0 Å². The van der Waals surface area contributed by atoms with Crippen molar-refractivity contribution < 1.29 is 14.0 Å². The predicted octanol–water partition coefficient (Wildman–Crippen LogP) is 2.53. The van der Waals surface area contributed by atoms with Crippen LogP contribution in [-0.2, 0) is 13.1 Å². The molecule has 3 rings (SSSR count). The van der Waals surface area contributed by atoms with Gasteiger partial charge in [0.2, 0.25) is 0 Å². The van der Waals surface area contributed by atoms with Crippen LogP contribution in [0.3, 0.4) is 0 Å². The number of amides is 2. The number of pyridine rings is 1. The van der Waals surface area contributed by atoms with E-state index >= 15 is 0 Å². The van der Waals surface area contributed by atoms with Gasteiger partial charge in [0, 0.05) is 30.1 Å². The second kappa shape index (κ2) is 7.92. The molecule has 0 fully saturated rings. The zero-order valence-corrected chi connectivity index (χ0v) is 13.4. The van der Waals surface area contributed by atoms with E-state index in [1.807, 2.05) is 12.1 Å². The minimum absolute atomic E-state index is 0.202. The highest BCUT2D eigenvalue weighted by atomic mass is 16.3. The molecule has 2 amide bonds. The molecule has 0 aliphatic heterocycles. The van der Waals surface area contributed by atoms with E-state index < -0.39 is 0 Å². The summed E-state index contributed by atoms with van der Waals surface area (Å²) in [5, 5.41) is 5.57. The maximum absolute atomic E-state index is 12.1. The minimum Gasteiger partial charge on any atom is -0.467 e. The number of aromatic nitrogens is 1. The molecule has 6 nitrogen and oxygen atoms in total. The summed E-state index contributed by atoms with van der Waals surface area (Å²) >= 11 is 0. The SMILES string of the molecule is O=C(NCc1cccnc1)c1ccc(C(=O)NCc2ccco2)cc1. The van der Waals surface area contributed by atoms with Crippen molar-refractivity contribution in [1.29, 1.82) is 0 Å². The Balaban J connectivity index is 1.54. The third-order valence-corrected chi connectivity index (χ3v) is 3.59. The number of carbonyl (C=O) groups is 2. The Hall–Kier alpha value is -3.41. The maximum Gasteiger partial charge on any atom is 0.251 e. The molecule has 3 aromatic rings. The molecule has 0 bridgehead atoms. The maximum atomic E-state index is 12.1. The van der Waals surface area contributed by atoms with Crippen molar-refractivity contribution in [3.05, 3.63) is 89.6 Å². The van der Waals surface area contributed by atoms with E-state index in [0.717, 1.165) is 5.56 Å². The zero-order chi connectivity index (χ0) is 17.5. The highest BCUT2D eigenvalue weighted by molar-refractivity contribution is 5.97. The van der Waals surface area contributed by atoms with Crippen LogP contribution >= 0.6 is 0 Å². The van der Waals surface area contributed by atoms with Crippen molar-refractivity contribution in [3.63, 3.8) is 0 Å². The van der Waals surface area contributed by atoms with E-state index in [0.29, 0.717) is 30.0 Å². The van der Waals surface area contributed by atoms with Crippen LogP contribution in [0.2, 0.25) is 0 Å². The summed E-state index contributed by atoms with van der Waals surface area (Å²) < 4.78 is 5.16.